The lowest BCUT2D eigenvalue weighted by atomic mass is 10.1. The number of rotatable bonds is 8. The van der Waals surface area contributed by atoms with Crippen molar-refractivity contribution in [3.05, 3.63) is 11.4 Å². The number of hydrogen-bond donors (Lipinski definition) is 1. The monoisotopic (exact) mass is 254 g/mol. The molecule has 1 aromatic heterocycles. The summed E-state index contributed by atoms with van der Waals surface area (Å²) in [5.74, 6) is -0.0157. The van der Waals surface area contributed by atoms with Crippen molar-refractivity contribution in [3.63, 3.8) is 0 Å². The van der Waals surface area contributed by atoms with Crippen LogP contribution in [0, 0.1) is 5.92 Å². The Morgan fingerprint density at radius 3 is 2.83 bits per heavy atom. The third-order valence-electron chi connectivity index (χ3n) is 2.68. The lowest BCUT2D eigenvalue weighted by Gasteiger charge is -2.12. The first-order valence-corrected chi connectivity index (χ1v) is 6.26. The molecule has 1 heterocycles. The summed E-state index contributed by atoms with van der Waals surface area (Å²) in [4.78, 5) is 11.0. The third-order valence-corrected chi connectivity index (χ3v) is 2.68. The van der Waals surface area contributed by atoms with Crippen LogP contribution in [0.5, 0.6) is 0 Å². The molecule has 1 atom stereocenters. The van der Waals surface area contributed by atoms with Crippen LogP contribution >= 0.6 is 0 Å². The van der Waals surface area contributed by atoms with Gasteiger partial charge in [-0.1, -0.05) is 25.5 Å². The molecule has 6 nitrogen and oxygen atoms in total. The van der Waals surface area contributed by atoms with Crippen LogP contribution in [0.2, 0.25) is 0 Å². The first-order chi connectivity index (χ1) is 8.58. The van der Waals surface area contributed by atoms with E-state index < -0.39 is 0 Å². The maximum absolute atomic E-state index is 11.0. The smallest absolute Gasteiger partial charge is 0.223 e. The standard InChI is InChI=1S/C12H22N4O2/c1-4-5-11-10(6-12(13)17)14-15-16(11)7-9(2)8-18-3/h9H,4-8H2,1-3H3,(H2,13,17). The van der Waals surface area contributed by atoms with Crippen molar-refractivity contribution >= 4 is 5.91 Å². The molecule has 0 radical (unpaired) electrons. The van der Waals surface area contributed by atoms with Crippen molar-refractivity contribution in [3.8, 4) is 0 Å². The van der Waals surface area contributed by atoms with Crippen LogP contribution in [0.3, 0.4) is 0 Å². The fourth-order valence-corrected chi connectivity index (χ4v) is 1.96. The van der Waals surface area contributed by atoms with E-state index in [0.717, 1.165) is 25.1 Å². The highest BCUT2D eigenvalue weighted by Gasteiger charge is 2.15. The van der Waals surface area contributed by atoms with Gasteiger partial charge in [0.2, 0.25) is 5.91 Å². The van der Waals surface area contributed by atoms with Gasteiger partial charge < -0.3 is 10.5 Å². The quantitative estimate of drug-likeness (QED) is 0.734. The SMILES string of the molecule is CCCc1c(CC(N)=O)nnn1CC(C)COC. The molecule has 1 aromatic rings. The second-order valence-corrected chi connectivity index (χ2v) is 4.62. The van der Waals surface area contributed by atoms with Crippen molar-refractivity contribution in [2.45, 2.75) is 39.7 Å². The zero-order valence-electron chi connectivity index (χ0n) is 11.3. The van der Waals surface area contributed by atoms with Crippen molar-refractivity contribution in [2.75, 3.05) is 13.7 Å². The molecule has 0 aromatic carbocycles. The molecule has 1 rings (SSSR count). The number of aromatic nitrogens is 3. The molecule has 0 saturated heterocycles. The Morgan fingerprint density at radius 2 is 2.28 bits per heavy atom. The van der Waals surface area contributed by atoms with E-state index >= 15 is 0 Å². The van der Waals surface area contributed by atoms with Gasteiger partial charge in [0.25, 0.3) is 0 Å². The van der Waals surface area contributed by atoms with Crippen molar-refractivity contribution in [1.29, 1.82) is 0 Å². The van der Waals surface area contributed by atoms with Gasteiger partial charge in [-0.3, -0.25) is 4.79 Å². The van der Waals surface area contributed by atoms with Crippen LogP contribution in [-0.4, -0.2) is 34.6 Å². The topological polar surface area (TPSA) is 83.0 Å². The summed E-state index contributed by atoms with van der Waals surface area (Å²) in [6, 6.07) is 0. The lowest BCUT2D eigenvalue weighted by Crippen LogP contribution is -2.18. The number of amides is 1. The van der Waals surface area contributed by atoms with Gasteiger partial charge in [0, 0.05) is 13.7 Å². The first-order valence-electron chi connectivity index (χ1n) is 6.26. The molecule has 0 spiro atoms. The van der Waals surface area contributed by atoms with Crippen LogP contribution in [0.1, 0.15) is 31.7 Å². The molecule has 0 bridgehead atoms. The van der Waals surface area contributed by atoms with Gasteiger partial charge in [-0.2, -0.15) is 0 Å². The average molecular weight is 254 g/mol. The van der Waals surface area contributed by atoms with E-state index in [1.165, 1.54) is 0 Å². The Kier molecular flexibility index (Phi) is 5.77. The minimum atomic E-state index is -0.371. The van der Waals surface area contributed by atoms with Gasteiger partial charge in [-0.15, -0.1) is 5.10 Å². The summed E-state index contributed by atoms with van der Waals surface area (Å²) in [7, 11) is 1.68. The largest absolute Gasteiger partial charge is 0.384 e. The van der Waals surface area contributed by atoms with E-state index in [4.69, 9.17) is 10.5 Å². The van der Waals surface area contributed by atoms with Gasteiger partial charge in [0.1, 0.15) is 0 Å². The van der Waals surface area contributed by atoms with E-state index in [1.807, 2.05) is 4.68 Å². The Hall–Kier alpha value is -1.43. The number of ether oxygens (including phenoxy) is 1. The predicted molar refractivity (Wildman–Crippen MR) is 68.0 cm³/mol. The summed E-state index contributed by atoms with van der Waals surface area (Å²) in [6.45, 7) is 5.60. The maximum atomic E-state index is 11.0. The number of carbonyl (C=O) groups is 1. The number of methoxy groups -OCH3 is 1. The van der Waals surface area contributed by atoms with Crippen molar-refractivity contribution in [2.24, 2.45) is 11.7 Å². The Balaban J connectivity index is 2.83. The highest BCUT2D eigenvalue weighted by molar-refractivity contribution is 5.76. The Morgan fingerprint density at radius 1 is 1.56 bits per heavy atom. The molecule has 2 N–H and O–H groups in total. The molecule has 18 heavy (non-hydrogen) atoms. The highest BCUT2D eigenvalue weighted by Crippen LogP contribution is 2.11. The molecule has 0 saturated carbocycles. The van der Waals surface area contributed by atoms with Gasteiger partial charge in [-0.25, -0.2) is 4.68 Å². The molecule has 1 unspecified atom stereocenters. The van der Waals surface area contributed by atoms with Gasteiger partial charge in [0.15, 0.2) is 0 Å². The van der Waals surface area contributed by atoms with Gasteiger partial charge in [-0.05, 0) is 12.3 Å². The second-order valence-electron chi connectivity index (χ2n) is 4.62. The summed E-state index contributed by atoms with van der Waals surface area (Å²) >= 11 is 0. The Labute approximate surface area is 107 Å². The van der Waals surface area contributed by atoms with Crippen LogP contribution in [0.15, 0.2) is 0 Å². The van der Waals surface area contributed by atoms with E-state index in [2.05, 4.69) is 24.2 Å². The average Bonchev–Trinajstić information content (AvgIpc) is 2.62. The van der Waals surface area contributed by atoms with Gasteiger partial charge >= 0.3 is 0 Å². The molecular formula is C12H22N4O2. The minimum absolute atomic E-state index is 0.161. The zero-order valence-corrected chi connectivity index (χ0v) is 11.3. The summed E-state index contributed by atoms with van der Waals surface area (Å²) in [5.41, 5.74) is 6.93. The van der Waals surface area contributed by atoms with Gasteiger partial charge in [0.05, 0.1) is 24.4 Å². The molecule has 0 aliphatic carbocycles. The number of hydrogen-bond acceptors (Lipinski definition) is 4. The lowest BCUT2D eigenvalue weighted by molar-refractivity contribution is -0.117. The number of primary amides is 1. The van der Waals surface area contributed by atoms with E-state index in [9.17, 15) is 4.79 Å². The molecule has 102 valence electrons. The predicted octanol–water partition coefficient (Wildman–Crippen LogP) is 0.541. The van der Waals surface area contributed by atoms with Crippen LogP contribution in [0.4, 0.5) is 0 Å². The maximum Gasteiger partial charge on any atom is 0.223 e. The second kappa shape index (κ2) is 7.10. The third kappa shape index (κ3) is 4.10. The Bertz CT molecular complexity index is 389. The molecule has 0 fully saturated rings. The van der Waals surface area contributed by atoms with E-state index in [0.29, 0.717) is 18.2 Å². The number of nitrogens with zero attached hydrogens (tertiary/aromatic N) is 3. The molecule has 1 amide bonds. The molecular weight excluding hydrogens is 232 g/mol. The van der Waals surface area contributed by atoms with Crippen molar-refractivity contribution in [1.82, 2.24) is 15.0 Å². The van der Waals surface area contributed by atoms with Crippen LogP contribution in [-0.2, 0) is 28.9 Å². The van der Waals surface area contributed by atoms with Crippen LogP contribution in [0.25, 0.3) is 0 Å². The fraction of sp³-hybridized carbons (Fsp3) is 0.750. The molecule has 0 aliphatic rings. The zero-order chi connectivity index (χ0) is 13.5. The minimum Gasteiger partial charge on any atom is -0.384 e. The van der Waals surface area contributed by atoms with E-state index in [-0.39, 0.29) is 12.3 Å². The summed E-state index contributed by atoms with van der Waals surface area (Å²) < 4.78 is 6.98. The number of carbonyl (C=O) groups excluding carboxylic acids is 1. The summed E-state index contributed by atoms with van der Waals surface area (Å²) in [5, 5.41) is 8.17. The fourth-order valence-electron chi connectivity index (χ4n) is 1.96. The van der Waals surface area contributed by atoms with Crippen molar-refractivity contribution < 1.29 is 9.53 Å². The molecule has 6 heteroatoms. The summed E-state index contributed by atoms with van der Waals surface area (Å²) in [6.07, 6.45) is 2.00. The number of nitrogens with two attached hydrogens (primary N) is 1. The first kappa shape index (κ1) is 14.6. The normalized spacial score (nSPS) is 12.6. The highest BCUT2D eigenvalue weighted by atomic mass is 16.5. The van der Waals surface area contributed by atoms with Crippen LogP contribution < -0.4 is 5.73 Å². The van der Waals surface area contributed by atoms with E-state index in [1.54, 1.807) is 7.11 Å². The molecule has 0 aliphatic heterocycles.